The summed E-state index contributed by atoms with van der Waals surface area (Å²) in [6.45, 7) is 8.37. The largest absolute Gasteiger partial charge is 0.132 e. The zero-order valence-electron chi connectivity index (χ0n) is 10.2. The molecule has 0 nitrogen and oxygen atoms in total. The van der Waals surface area contributed by atoms with Crippen LogP contribution in [0.2, 0.25) is 6.82 Å². The van der Waals surface area contributed by atoms with Crippen LogP contribution < -0.4 is 0 Å². The van der Waals surface area contributed by atoms with Crippen LogP contribution in [0.5, 0.6) is 0 Å². The van der Waals surface area contributed by atoms with Crippen molar-refractivity contribution in [1.29, 1.82) is 0 Å². The molecule has 0 aliphatic heterocycles. The van der Waals surface area contributed by atoms with Gasteiger partial charge in [-0.1, -0.05) is 73.6 Å². The van der Waals surface area contributed by atoms with Gasteiger partial charge in [0.15, 0.2) is 0 Å². The fraction of sp³-hybridized carbons (Fsp3) is 0.200. The molecule has 1 heteroatoms. The van der Waals surface area contributed by atoms with E-state index in [1.807, 2.05) is 25.2 Å². The molecule has 0 aromatic heterocycles. The van der Waals surface area contributed by atoms with Crippen LogP contribution in [0.3, 0.4) is 0 Å². The molecule has 0 aliphatic carbocycles. The Balaban J connectivity index is 2.79. The van der Waals surface area contributed by atoms with Crippen molar-refractivity contribution in [2.45, 2.75) is 19.6 Å². The smallest absolute Gasteiger partial charge is 0.0959 e. The summed E-state index contributed by atoms with van der Waals surface area (Å²) in [7, 11) is 1.09. The van der Waals surface area contributed by atoms with Crippen LogP contribution in [-0.4, -0.2) is 7.28 Å². The van der Waals surface area contributed by atoms with E-state index in [4.69, 9.17) is 0 Å². The molecule has 0 radical (unpaired) electrons. The lowest BCUT2D eigenvalue weighted by molar-refractivity contribution is 1.13. The Labute approximate surface area is 99.6 Å². The average Bonchev–Trinajstić information content (AvgIpc) is 2.32. The molecule has 0 saturated heterocycles. The van der Waals surface area contributed by atoms with E-state index in [9.17, 15) is 0 Å². The Bertz CT molecular complexity index is 374. The van der Waals surface area contributed by atoms with Crippen molar-refractivity contribution in [2.24, 2.45) is 0 Å². The predicted octanol–water partition coefficient (Wildman–Crippen LogP) is 3.90. The van der Waals surface area contributed by atoms with Gasteiger partial charge in [-0.2, -0.15) is 0 Å². The Morgan fingerprint density at radius 3 is 2.50 bits per heavy atom. The van der Waals surface area contributed by atoms with Crippen LogP contribution in [0.25, 0.3) is 0 Å². The normalized spacial score (nSPS) is 13.1. The SMILES string of the molecule is C=C(/C=C\C=C/C)C(BC)c1ccccc1. The van der Waals surface area contributed by atoms with Gasteiger partial charge in [-0.05, 0) is 18.3 Å². The van der Waals surface area contributed by atoms with Gasteiger partial charge in [0, 0.05) is 0 Å². The Morgan fingerprint density at radius 1 is 1.25 bits per heavy atom. The van der Waals surface area contributed by atoms with E-state index in [0.29, 0.717) is 5.82 Å². The van der Waals surface area contributed by atoms with E-state index < -0.39 is 0 Å². The Hall–Kier alpha value is -1.50. The maximum absolute atomic E-state index is 4.15. The average molecular weight is 210 g/mol. The minimum Gasteiger partial charge on any atom is -0.0959 e. The van der Waals surface area contributed by atoms with Gasteiger partial charge in [0.2, 0.25) is 0 Å². The highest BCUT2D eigenvalue weighted by Gasteiger charge is 2.10. The summed E-state index contributed by atoms with van der Waals surface area (Å²) in [4.78, 5) is 0. The summed E-state index contributed by atoms with van der Waals surface area (Å²) >= 11 is 0. The molecule has 0 aliphatic rings. The fourth-order valence-electron chi connectivity index (χ4n) is 1.80. The van der Waals surface area contributed by atoms with Gasteiger partial charge >= 0.3 is 0 Å². The summed E-state index contributed by atoms with van der Waals surface area (Å²) in [6.07, 6.45) is 8.20. The highest BCUT2D eigenvalue weighted by atomic mass is 14.1. The minimum absolute atomic E-state index is 0.433. The summed E-state index contributed by atoms with van der Waals surface area (Å²) in [6, 6.07) is 10.6. The van der Waals surface area contributed by atoms with E-state index in [0.717, 1.165) is 7.28 Å². The number of rotatable bonds is 5. The molecule has 0 saturated carbocycles. The molecule has 0 heterocycles. The maximum atomic E-state index is 4.15. The third-order valence-corrected chi connectivity index (χ3v) is 2.67. The zero-order chi connectivity index (χ0) is 11.8. The number of hydrogen-bond donors (Lipinski definition) is 0. The van der Waals surface area contributed by atoms with Crippen LogP contribution in [0.1, 0.15) is 18.3 Å². The van der Waals surface area contributed by atoms with Gasteiger partial charge in [0.1, 0.15) is 7.28 Å². The maximum Gasteiger partial charge on any atom is 0.132 e. The monoisotopic (exact) mass is 210 g/mol. The molecule has 1 aromatic rings. The lowest BCUT2D eigenvalue weighted by atomic mass is 9.60. The molecule has 1 rings (SSSR count). The van der Waals surface area contributed by atoms with Gasteiger partial charge in [-0.3, -0.25) is 0 Å². The van der Waals surface area contributed by atoms with Crippen LogP contribution >= 0.6 is 0 Å². The fourth-order valence-corrected chi connectivity index (χ4v) is 1.80. The van der Waals surface area contributed by atoms with Crippen molar-refractivity contribution in [1.82, 2.24) is 0 Å². The highest BCUT2D eigenvalue weighted by molar-refractivity contribution is 6.37. The Kier molecular flexibility index (Phi) is 5.42. The standard InChI is InChI=1S/C15H19B/c1-4-5-7-10-13(2)15(16-3)14-11-8-6-9-12-14/h4-12,15-16H,2H2,1,3H3/b5-4-,10-7-. The molecule has 0 spiro atoms. The molecular formula is C15H19B. The van der Waals surface area contributed by atoms with Crippen molar-refractivity contribution in [3.05, 3.63) is 72.4 Å². The van der Waals surface area contributed by atoms with Crippen molar-refractivity contribution >= 4 is 7.28 Å². The topological polar surface area (TPSA) is 0 Å². The minimum atomic E-state index is 0.433. The van der Waals surface area contributed by atoms with Crippen molar-refractivity contribution in [3.63, 3.8) is 0 Å². The van der Waals surface area contributed by atoms with Crippen LogP contribution in [-0.2, 0) is 0 Å². The van der Waals surface area contributed by atoms with E-state index in [1.165, 1.54) is 11.1 Å². The first-order valence-corrected chi connectivity index (χ1v) is 5.82. The molecule has 16 heavy (non-hydrogen) atoms. The molecule has 0 amide bonds. The first-order valence-electron chi connectivity index (χ1n) is 5.82. The van der Waals surface area contributed by atoms with Gasteiger partial charge in [0.25, 0.3) is 0 Å². The molecular weight excluding hydrogens is 191 g/mol. The first kappa shape index (κ1) is 12.6. The van der Waals surface area contributed by atoms with E-state index >= 15 is 0 Å². The van der Waals surface area contributed by atoms with Crippen LogP contribution in [0.4, 0.5) is 0 Å². The van der Waals surface area contributed by atoms with Crippen LogP contribution in [0.15, 0.2) is 66.8 Å². The van der Waals surface area contributed by atoms with Crippen molar-refractivity contribution < 1.29 is 0 Å². The number of hydrogen-bond acceptors (Lipinski definition) is 0. The third-order valence-electron chi connectivity index (χ3n) is 2.67. The van der Waals surface area contributed by atoms with Crippen LogP contribution in [0, 0.1) is 0 Å². The lowest BCUT2D eigenvalue weighted by Gasteiger charge is -2.14. The second-order valence-corrected chi connectivity index (χ2v) is 3.83. The van der Waals surface area contributed by atoms with E-state index in [2.05, 4.69) is 49.8 Å². The van der Waals surface area contributed by atoms with Gasteiger partial charge in [-0.15, -0.1) is 0 Å². The molecule has 0 bridgehead atoms. The van der Waals surface area contributed by atoms with E-state index in [-0.39, 0.29) is 0 Å². The molecule has 1 aromatic carbocycles. The molecule has 1 atom stereocenters. The van der Waals surface area contributed by atoms with Crippen molar-refractivity contribution in [2.75, 3.05) is 0 Å². The number of allylic oxidation sites excluding steroid dienone is 5. The predicted molar refractivity (Wildman–Crippen MR) is 75.3 cm³/mol. The first-order chi connectivity index (χ1) is 7.79. The second kappa shape index (κ2) is 6.89. The van der Waals surface area contributed by atoms with Gasteiger partial charge < -0.3 is 0 Å². The zero-order valence-corrected chi connectivity index (χ0v) is 10.2. The molecule has 1 unspecified atom stereocenters. The van der Waals surface area contributed by atoms with E-state index in [1.54, 1.807) is 0 Å². The summed E-state index contributed by atoms with van der Waals surface area (Å²) in [5, 5.41) is 0. The van der Waals surface area contributed by atoms with Crippen molar-refractivity contribution in [3.8, 4) is 0 Å². The number of benzene rings is 1. The summed E-state index contributed by atoms with van der Waals surface area (Å²) < 4.78 is 0. The summed E-state index contributed by atoms with van der Waals surface area (Å²) in [5.74, 6) is 0.433. The third kappa shape index (κ3) is 3.58. The quantitative estimate of drug-likeness (QED) is 0.510. The molecule has 0 N–H and O–H groups in total. The lowest BCUT2D eigenvalue weighted by Crippen LogP contribution is -2.06. The Morgan fingerprint density at radius 2 is 1.94 bits per heavy atom. The van der Waals surface area contributed by atoms with Gasteiger partial charge in [-0.25, -0.2) is 0 Å². The highest BCUT2D eigenvalue weighted by Crippen LogP contribution is 2.22. The molecule has 82 valence electrons. The van der Waals surface area contributed by atoms with Gasteiger partial charge in [0.05, 0.1) is 0 Å². The molecule has 0 fully saturated rings. The second-order valence-electron chi connectivity index (χ2n) is 3.83. The summed E-state index contributed by atoms with van der Waals surface area (Å²) in [5.41, 5.74) is 2.52.